The zero-order valence-electron chi connectivity index (χ0n) is 8.42. The Hall–Kier alpha value is -0.830. The molecule has 1 aliphatic carbocycles. The fraction of sp³-hybridized carbons (Fsp3) is 0.727. The van der Waals surface area contributed by atoms with E-state index in [1.807, 2.05) is 0 Å². The van der Waals surface area contributed by atoms with Crippen molar-refractivity contribution in [2.45, 2.75) is 31.7 Å². The van der Waals surface area contributed by atoms with Crippen LogP contribution in [0.4, 0.5) is 0 Å². The second-order valence-electron chi connectivity index (χ2n) is 4.48. The van der Waals surface area contributed by atoms with Crippen molar-refractivity contribution < 1.29 is 9.53 Å². The van der Waals surface area contributed by atoms with E-state index in [9.17, 15) is 4.79 Å². The van der Waals surface area contributed by atoms with E-state index in [2.05, 4.69) is 11.9 Å². The largest absolute Gasteiger partial charge is 0.380 e. The lowest BCUT2D eigenvalue weighted by atomic mass is 9.71. The van der Waals surface area contributed by atoms with Crippen molar-refractivity contribution in [1.82, 2.24) is 5.32 Å². The summed E-state index contributed by atoms with van der Waals surface area (Å²) in [6, 6.07) is 0.353. The summed E-state index contributed by atoms with van der Waals surface area (Å²) >= 11 is 0. The summed E-state index contributed by atoms with van der Waals surface area (Å²) in [6.45, 7) is 5.30. The highest BCUT2D eigenvalue weighted by atomic mass is 16.5. The zero-order chi connectivity index (χ0) is 10.0. The molecule has 0 aromatic carbocycles. The summed E-state index contributed by atoms with van der Waals surface area (Å²) < 4.78 is 5.25. The molecule has 3 heteroatoms. The first-order valence-electron chi connectivity index (χ1n) is 5.25. The molecule has 14 heavy (non-hydrogen) atoms. The van der Waals surface area contributed by atoms with E-state index in [1.54, 1.807) is 0 Å². The maximum Gasteiger partial charge on any atom is 0.243 e. The number of carbonyl (C=O) groups excluding carboxylic acids is 1. The highest BCUT2D eigenvalue weighted by Gasteiger charge is 2.41. The van der Waals surface area contributed by atoms with Crippen molar-refractivity contribution in [3.05, 3.63) is 12.7 Å². The van der Waals surface area contributed by atoms with Gasteiger partial charge in [-0.3, -0.25) is 4.79 Å². The predicted octanol–water partition coefficient (Wildman–Crippen LogP) is 1.25. The maximum absolute atomic E-state index is 11.1. The van der Waals surface area contributed by atoms with Crippen molar-refractivity contribution in [3.63, 3.8) is 0 Å². The van der Waals surface area contributed by atoms with Gasteiger partial charge in [-0.2, -0.15) is 0 Å². The summed E-state index contributed by atoms with van der Waals surface area (Å²) in [6.07, 6.45) is 5.90. The lowest BCUT2D eigenvalue weighted by molar-refractivity contribution is -0.135. The Labute approximate surface area is 84.5 Å². The van der Waals surface area contributed by atoms with E-state index in [4.69, 9.17) is 4.74 Å². The molecular weight excluding hydrogens is 178 g/mol. The highest BCUT2D eigenvalue weighted by Crippen LogP contribution is 2.42. The molecule has 2 aliphatic rings. The van der Waals surface area contributed by atoms with Crippen LogP contribution in [0.2, 0.25) is 0 Å². The zero-order valence-corrected chi connectivity index (χ0v) is 8.42. The molecule has 0 aromatic rings. The van der Waals surface area contributed by atoms with Gasteiger partial charge in [-0.15, -0.1) is 0 Å². The third-order valence-corrected chi connectivity index (χ3v) is 3.39. The molecule has 0 aromatic heterocycles. The molecule has 1 saturated heterocycles. The van der Waals surface area contributed by atoms with Gasteiger partial charge in [0.2, 0.25) is 5.91 Å². The topological polar surface area (TPSA) is 38.3 Å². The number of nitrogens with one attached hydrogen (secondary N) is 1. The van der Waals surface area contributed by atoms with Gasteiger partial charge in [0, 0.05) is 11.5 Å². The average molecular weight is 195 g/mol. The molecule has 0 atom stereocenters. The number of hydrogen-bond acceptors (Lipinski definition) is 2. The Morgan fingerprint density at radius 2 is 2.07 bits per heavy atom. The van der Waals surface area contributed by atoms with Crippen molar-refractivity contribution in [1.29, 1.82) is 0 Å². The van der Waals surface area contributed by atoms with Crippen molar-refractivity contribution in [3.8, 4) is 0 Å². The van der Waals surface area contributed by atoms with Crippen LogP contribution >= 0.6 is 0 Å². The molecule has 0 bridgehead atoms. The van der Waals surface area contributed by atoms with Gasteiger partial charge < -0.3 is 10.1 Å². The molecule has 2 rings (SSSR count). The molecule has 0 radical (unpaired) electrons. The second-order valence-corrected chi connectivity index (χ2v) is 4.48. The van der Waals surface area contributed by atoms with Crippen LogP contribution in [0.15, 0.2) is 12.7 Å². The predicted molar refractivity (Wildman–Crippen MR) is 53.8 cm³/mol. The Morgan fingerprint density at radius 3 is 2.50 bits per heavy atom. The van der Waals surface area contributed by atoms with Gasteiger partial charge in [0.25, 0.3) is 0 Å². The van der Waals surface area contributed by atoms with Crippen LogP contribution < -0.4 is 5.32 Å². The standard InChI is InChI=1S/C11H17NO2/c1-2-10(13)12-9-3-5-11(6-4-9)7-14-8-11/h2,9H,1,3-8H2,(H,12,13). The van der Waals surface area contributed by atoms with Gasteiger partial charge in [0.05, 0.1) is 13.2 Å². The van der Waals surface area contributed by atoms with E-state index in [-0.39, 0.29) is 5.91 Å². The quantitative estimate of drug-likeness (QED) is 0.673. The van der Waals surface area contributed by atoms with Crippen LogP contribution in [0.3, 0.4) is 0 Å². The first-order valence-corrected chi connectivity index (χ1v) is 5.25. The summed E-state index contributed by atoms with van der Waals surface area (Å²) in [5, 5.41) is 2.96. The van der Waals surface area contributed by atoms with Crippen LogP contribution in [0.1, 0.15) is 25.7 Å². The Bertz CT molecular complexity index is 236. The first-order chi connectivity index (χ1) is 6.74. The van der Waals surface area contributed by atoms with Gasteiger partial charge in [-0.25, -0.2) is 0 Å². The molecule has 0 unspecified atom stereocenters. The monoisotopic (exact) mass is 195 g/mol. The number of rotatable bonds is 2. The minimum atomic E-state index is -0.0455. The molecule has 1 aliphatic heterocycles. The highest BCUT2D eigenvalue weighted by molar-refractivity contribution is 5.87. The van der Waals surface area contributed by atoms with E-state index in [0.29, 0.717) is 11.5 Å². The smallest absolute Gasteiger partial charge is 0.243 e. The molecule has 78 valence electrons. The number of ether oxygens (including phenoxy) is 1. The Balaban J connectivity index is 1.78. The number of amides is 1. The molecule has 1 heterocycles. The molecule has 1 saturated carbocycles. The van der Waals surface area contributed by atoms with Gasteiger partial charge >= 0.3 is 0 Å². The number of carbonyl (C=O) groups is 1. The van der Waals surface area contributed by atoms with Gasteiger partial charge in [0.15, 0.2) is 0 Å². The second kappa shape index (κ2) is 3.73. The summed E-state index contributed by atoms with van der Waals surface area (Å²) in [5.41, 5.74) is 0.468. The first kappa shape index (κ1) is 9.71. The summed E-state index contributed by atoms with van der Waals surface area (Å²) in [7, 11) is 0. The van der Waals surface area contributed by atoms with E-state index in [1.165, 1.54) is 18.9 Å². The SMILES string of the molecule is C=CC(=O)NC1CCC2(CC1)COC2. The number of hydrogen-bond donors (Lipinski definition) is 1. The maximum atomic E-state index is 11.1. The van der Waals surface area contributed by atoms with Crippen LogP contribution in [0.5, 0.6) is 0 Å². The van der Waals surface area contributed by atoms with Crippen molar-refractivity contribution in [2.24, 2.45) is 5.41 Å². The van der Waals surface area contributed by atoms with E-state index >= 15 is 0 Å². The van der Waals surface area contributed by atoms with Crippen LogP contribution in [0, 0.1) is 5.41 Å². The summed E-state index contributed by atoms with van der Waals surface area (Å²) in [5.74, 6) is -0.0455. The van der Waals surface area contributed by atoms with E-state index in [0.717, 1.165) is 26.1 Å². The molecular formula is C11H17NO2. The third-order valence-electron chi connectivity index (χ3n) is 3.39. The molecule has 2 fully saturated rings. The van der Waals surface area contributed by atoms with Gasteiger partial charge in [-0.1, -0.05) is 6.58 Å². The lowest BCUT2D eigenvalue weighted by Gasteiger charge is -2.46. The normalized spacial score (nSPS) is 25.4. The Kier molecular flexibility index (Phi) is 2.59. The molecule has 3 nitrogen and oxygen atoms in total. The Morgan fingerprint density at radius 1 is 1.43 bits per heavy atom. The van der Waals surface area contributed by atoms with Crippen molar-refractivity contribution >= 4 is 5.91 Å². The van der Waals surface area contributed by atoms with Crippen LogP contribution in [0.25, 0.3) is 0 Å². The molecule has 1 N–H and O–H groups in total. The minimum absolute atomic E-state index is 0.0455. The molecule has 1 spiro atoms. The summed E-state index contributed by atoms with van der Waals surface area (Å²) in [4.78, 5) is 11.1. The fourth-order valence-electron chi connectivity index (χ4n) is 2.31. The van der Waals surface area contributed by atoms with Gasteiger partial charge in [0.1, 0.15) is 0 Å². The minimum Gasteiger partial charge on any atom is -0.380 e. The van der Waals surface area contributed by atoms with Gasteiger partial charge in [-0.05, 0) is 31.8 Å². The van der Waals surface area contributed by atoms with E-state index < -0.39 is 0 Å². The van der Waals surface area contributed by atoms with Crippen LogP contribution in [-0.2, 0) is 9.53 Å². The average Bonchev–Trinajstić information content (AvgIpc) is 2.16. The lowest BCUT2D eigenvalue weighted by Crippen LogP contribution is -2.48. The van der Waals surface area contributed by atoms with Crippen molar-refractivity contribution in [2.75, 3.05) is 13.2 Å². The fourth-order valence-corrected chi connectivity index (χ4v) is 2.31. The van der Waals surface area contributed by atoms with Crippen LogP contribution in [-0.4, -0.2) is 25.2 Å². The molecule has 1 amide bonds. The third kappa shape index (κ3) is 1.82.